The van der Waals surface area contributed by atoms with E-state index in [1.165, 1.54) is 12.1 Å². The molecule has 3 N–H and O–H groups in total. The summed E-state index contributed by atoms with van der Waals surface area (Å²) in [6.45, 7) is 7.40. The molecule has 0 aliphatic rings. The molecule has 0 bridgehead atoms. The third-order valence-corrected chi connectivity index (χ3v) is 3.55. The second kappa shape index (κ2) is 12.1. The van der Waals surface area contributed by atoms with E-state index in [0.29, 0.717) is 25.6 Å². The Morgan fingerprint density at radius 2 is 1.73 bits per heavy atom. The second-order valence-electron chi connectivity index (χ2n) is 5.59. The first kappa shape index (κ1) is 21.7. The smallest absolute Gasteiger partial charge is 0.335 e. The zero-order valence-electron chi connectivity index (χ0n) is 14.8. The summed E-state index contributed by atoms with van der Waals surface area (Å²) >= 11 is 3.29. The Morgan fingerprint density at radius 1 is 1.12 bits per heavy atom. The van der Waals surface area contributed by atoms with Gasteiger partial charge in [-0.2, -0.15) is 0 Å². The number of benzene rings is 2. The summed E-state index contributed by atoms with van der Waals surface area (Å²) in [5.74, 6) is -0.269. The zero-order valence-corrected chi connectivity index (χ0v) is 16.4. The molecule has 0 heterocycles. The Labute approximate surface area is 162 Å². The van der Waals surface area contributed by atoms with Gasteiger partial charge in [-0.15, -0.1) is 0 Å². The van der Waals surface area contributed by atoms with Crippen LogP contribution in [0.5, 0.6) is 5.75 Å². The Morgan fingerprint density at radius 3 is 2.23 bits per heavy atom. The van der Waals surface area contributed by atoms with Crippen molar-refractivity contribution < 1.29 is 19.4 Å². The molecule has 0 spiro atoms. The van der Waals surface area contributed by atoms with Crippen molar-refractivity contribution in [3.8, 4) is 5.75 Å². The summed E-state index contributed by atoms with van der Waals surface area (Å²) in [4.78, 5) is 10.6. The van der Waals surface area contributed by atoms with Gasteiger partial charge in [0.1, 0.15) is 5.75 Å². The fourth-order valence-electron chi connectivity index (χ4n) is 1.75. The summed E-state index contributed by atoms with van der Waals surface area (Å²) in [5, 5.41) is 8.73. The minimum Gasteiger partial charge on any atom is -0.494 e. The minimum atomic E-state index is -0.935. The van der Waals surface area contributed by atoms with Crippen molar-refractivity contribution in [3.05, 3.63) is 70.7 Å². The maximum atomic E-state index is 10.6. The summed E-state index contributed by atoms with van der Waals surface area (Å²) in [7, 11) is 0. The van der Waals surface area contributed by atoms with E-state index in [9.17, 15) is 4.79 Å². The van der Waals surface area contributed by atoms with Gasteiger partial charge in [0.2, 0.25) is 0 Å². The summed E-state index contributed by atoms with van der Waals surface area (Å²) < 4.78 is 11.8. The first-order valence-corrected chi connectivity index (χ1v) is 8.87. The maximum Gasteiger partial charge on any atom is 0.335 e. The summed E-state index contributed by atoms with van der Waals surface area (Å²) in [6.07, 6.45) is 0.786. The number of hydrogen-bond acceptors (Lipinski definition) is 4. The SMILES string of the molecule is C=C(C)COCCCOc1ccc(C(=O)O)cc1.Nc1ccc(Br)cc1. The van der Waals surface area contributed by atoms with Crippen LogP contribution in [0.4, 0.5) is 5.69 Å². The van der Waals surface area contributed by atoms with Gasteiger partial charge in [0, 0.05) is 16.6 Å². The second-order valence-corrected chi connectivity index (χ2v) is 6.51. The predicted octanol–water partition coefficient (Wildman–Crippen LogP) is 4.78. The molecule has 0 aliphatic heterocycles. The molecule has 0 amide bonds. The van der Waals surface area contributed by atoms with Gasteiger partial charge in [-0.1, -0.05) is 28.1 Å². The molecule has 0 radical (unpaired) electrons. The van der Waals surface area contributed by atoms with E-state index in [1.54, 1.807) is 12.1 Å². The van der Waals surface area contributed by atoms with Gasteiger partial charge in [-0.05, 0) is 55.5 Å². The number of carboxylic acids is 1. The van der Waals surface area contributed by atoms with Crippen molar-refractivity contribution in [3.63, 3.8) is 0 Å². The fraction of sp³-hybridized carbons (Fsp3) is 0.250. The maximum absolute atomic E-state index is 10.6. The lowest BCUT2D eigenvalue weighted by molar-refractivity contribution is 0.0697. The van der Waals surface area contributed by atoms with Crippen LogP contribution in [0.25, 0.3) is 0 Å². The van der Waals surface area contributed by atoms with E-state index in [0.717, 1.165) is 22.2 Å². The molecule has 0 aromatic heterocycles. The standard InChI is InChI=1S/C14H18O4.C6H6BrN/c1-11(2)10-17-8-3-9-18-13-6-4-12(5-7-13)14(15)16;7-5-1-3-6(8)4-2-5/h4-7H,1,3,8-10H2,2H3,(H,15,16);1-4H,8H2. The summed E-state index contributed by atoms with van der Waals surface area (Å²) in [5.41, 5.74) is 7.46. The van der Waals surface area contributed by atoms with Gasteiger partial charge in [0.25, 0.3) is 0 Å². The number of hydrogen-bond donors (Lipinski definition) is 2. The van der Waals surface area contributed by atoms with E-state index in [4.69, 9.17) is 20.3 Å². The number of carbonyl (C=O) groups is 1. The van der Waals surface area contributed by atoms with E-state index in [-0.39, 0.29) is 5.56 Å². The molecule has 0 fully saturated rings. The van der Waals surface area contributed by atoms with E-state index in [1.807, 2.05) is 31.2 Å². The van der Waals surface area contributed by atoms with Crippen LogP contribution in [0.2, 0.25) is 0 Å². The largest absolute Gasteiger partial charge is 0.494 e. The Balaban J connectivity index is 0.000000350. The van der Waals surface area contributed by atoms with Crippen molar-refractivity contribution in [2.75, 3.05) is 25.6 Å². The molecule has 6 heteroatoms. The molecule has 26 heavy (non-hydrogen) atoms. The van der Waals surface area contributed by atoms with Crippen LogP contribution >= 0.6 is 15.9 Å². The minimum absolute atomic E-state index is 0.257. The van der Waals surface area contributed by atoms with Gasteiger partial charge in [-0.25, -0.2) is 4.79 Å². The monoisotopic (exact) mass is 421 g/mol. The third-order valence-electron chi connectivity index (χ3n) is 3.02. The molecular weight excluding hydrogens is 398 g/mol. The lowest BCUT2D eigenvalue weighted by Gasteiger charge is -2.07. The highest BCUT2D eigenvalue weighted by Crippen LogP contribution is 2.12. The lowest BCUT2D eigenvalue weighted by atomic mass is 10.2. The highest BCUT2D eigenvalue weighted by atomic mass is 79.9. The molecule has 0 aliphatic carbocycles. The molecule has 2 aromatic carbocycles. The van der Waals surface area contributed by atoms with Gasteiger partial charge in [-0.3, -0.25) is 0 Å². The molecule has 2 rings (SSSR count). The number of carboxylic acid groups (broad SMARTS) is 1. The van der Waals surface area contributed by atoms with E-state index in [2.05, 4.69) is 22.5 Å². The van der Waals surface area contributed by atoms with Crippen molar-refractivity contribution in [1.29, 1.82) is 0 Å². The van der Waals surface area contributed by atoms with Crippen LogP contribution < -0.4 is 10.5 Å². The van der Waals surface area contributed by atoms with E-state index >= 15 is 0 Å². The van der Waals surface area contributed by atoms with Crippen LogP contribution in [0, 0.1) is 0 Å². The number of nitrogen functional groups attached to an aromatic ring is 1. The van der Waals surface area contributed by atoms with Gasteiger partial charge >= 0.3 is 5.97 Å². The number of rotatable bonds is 8. The molecule has 140 valence electrons. The first-order chi connectivity index (χ1) is 12.4. The number of ether oxygens (including phenoxy) is 2. The molecule has 5 nitrogen and oxygen atoms in total. The zero-order chi connectivity index (χ0) is 19.4. The van der Waals surface area contributed by atoms with Crippen molar-refractivity contribution in [2.45, 2.75) is 13.3 Å². The van der Waals surface area contributed by atoms with Gasteiger partial charge in [0.15, 0.2) is 0 Å². The van der Waals surface area contributed by atoms with Crippen LogP contribution in [-0.4, -0.2) is 30.9 Å². The molecule has 0 saturated heterocycles. The molecule has 0 saturated carbocycles. The van der Waals surface area contributed by atoms with Crippen LogP contribution in [-0.2, 0) is 4.74 Å². The average molecular weight is 422 g/mol. The topological polar surface area (TPSA) is 81.8 Å². The van der Waals surface area contributed by atoms with Crippen molar-refractivity contribution >= 4 is 27.6 Å². The van der Waals surface area contributed by atoms with Gasteiger partial charge < -0.3 is 20.3 Å². The molecule has 2 aromatic rings. The Bertz CT molecular complexity index is 663. The van der Waals surface area contributed by atoms with Crippen LogP contribution in [0.15, 0.2) is 65.2 Å². The number of nitrogens with two attached hydrogens (primary N) is 1. The van der Waals surface area contributed by atoms with Gasteiger partial charge in [0.05, 0.1) is 25.4 Å². The molecular formula is C20H24BrNO4. The Hall–Kier alpha value is -2.31. The van der Waals surface area contributed by atoms with Crippen LogP contribution in [0.1, 0.15) is 23.7 Å². The summed E-state index contributed by atoms with van der Waals surface area (Å²) in [6, 6.07) is 13.9. The highest BCUT2D eigenvalue weighted by molar-refractivity contribution is 9.10. The first-order valence-electron chi connectivity index (χ1n) is 8.08. The fourth-order valence-corrected chi connectivity index (χ4v) is 2.02. The Kier molecular flexibility index (Phi) is 10.1. The number of halogens is 1. The van der Waals surface area contributed by atoms with Crippen molar-refractivity contribution in [2.24, 2.45) is 0 Å². The third kappa shape index (κ3) is 9.86. The van der Waals surface area contributed by atoms with E-state index < -0.39 is 5.97 Å². The highest BCUT2D eigenvalue weighted by Gasteiger charge is 2.01. The average Bonchev–Trinajstić information content (AvgIpc) is 2.61. The molecule has 0 unspecified atom stereocenters. The lowest BCUT2D eigenvalue weighted by Crippen LogP contribution is -2.04. The van der Waals surface area contributed by atoms with Crippen LogP contribution in [0.3, 0.4) is 0 Å². The normalized spacial score (nSPS) is 9.77. The number of aromatic carboxylic acids is 1. The predicted molar refractivity (Wildman–Crippen MR) is 108 cm³/mol. The quantitative estimate of drug-likeness (QED) is 0.364. The van der Waals surface area contributed by atoms with Crippen molar-refractivity contribution in [1.82, 2.24) is 0 Å². The number of anilines is 1. The molecule has 0 atom stereocenters.